The van der Waals surface area contributed by atoms with E-state index in [4.69, 9.17) is 18.0 Å². The number of hydrogen-bond acceptors (Lipinski definition) is 2. The fourth-order valence-corrected chi connectivity index (χ4v) is 1.72. The van der Waals surface area contributed by atoms with Gasteiger partial charge < -0.3 is 5.73 Å². The lowest BCUT2D eigenvalue weighted by Crippen LogP contribution is -2.25. The number of alkyl halides is 2. The van der Waals surface area contributed by atoms with E-state index >= 15 is 0 Å². The zero-order valence-electron chi connectivity index (χ0n) is 9.29. The summed E-state index contributed by atoms with van der Waals surface area (Å²) in [6.07, 6.45) is -2.43. The van der Waals surface area contributed by atoms with Crippen molar-refractivity contribution in [3.05, 3.63) is 35.1 Å². The van der Waals surface area contributed by atoms with Gasteiger partial charge in [0.1, 0.15) is 10.8 Å². The highest BCUT2D eigenvalue weighted by atomic mass is 32.1. The Balaban J connectivity index is 2.88. The Morgan fingerprint density at radius 2 is 2.12 bits per heavy atom. The van der Waals surface area contributed by atoms with Crippen molar-refractivity contribution in [2.45, 2.75) is 13.0 Å². The van der Waals surface area contributed by atoms with Gasteiger partial charge in [-0.05, 0) is 30.8 Å². The van der Waals surface area contributed by atoms with Gasteiger partial charge in [-0.2, -0.15) is 0 Å². The number of thiocarbonyl (C=S) groups is 1. The molecule has 0 saturated carbocycles. The van der Waals surface area contributed by atoms with E-state index in [1.165, 1.54) is 30.1 Å². The normalized spacial score (nSPS) is 11.2. The molecule has 0 radical (unpaired) electrons. The fourth-order valence-electron chi connectivity index (χ4n) is 1.52. The molecule has 2 N–H and O–H groups in total. The highest BCUT2D eigenvalue weighted by Crippen LogP contribution is 2.14. The van der Waals surface area contributed by atoms with E-state index in [-0.39, 0.29) is 18.1 Å². The molecular weight excluding hydrogens is 249 g/mol. The highest BCUT2D eigenvalue weighted by Gasteiger charge is 2.12. The van der Waals surface area contributed by atoms with E-state index in [0.717, 1.165) is 0 Å². The molecule has 0 bridgehead atoms. The molecule has 1 rings (SSSR count). The second-order valence-corrected chi connectivity index (χ2v) is 4.19. The van der Waals surface area contributed by atoms with Gasteiger partial charge in [-0.1, -0.05) is 12.2 Å². The minimum atomic E-state index is -2.43. The summed E-state index contributed by atoms with van der Waals surface area (Å²) >= 11 is 4.82. The van der Waals surface area contributed by atoms with Crippen molar-refractivity contribution in [1.82, 2.24) is 4.90 Å². The van der Waals surface area contributed by atoms with Gasteiger partial charge in [0.15, 0.2) is 0 Å². The molecule has 0 aliphatic rings. The zero-order valence-corrected chi connectivity index (χ0v) is 10.1. The second-order valence-electron chi connectivity index (χ2n) is 3.75. The lowest BCUT2D eigenvalue weighted by molar-refractivity contribution is 0.0975. The Morgan fingerprint density at radius 1 is 1.47 bits per heavy atom. The quantitative estimate of drug-likeness (QED) is 0.825. The first-order valence-electron chi connectivity index (χ1n) is 4.95. The summed E-state index contributed by atoms with van der Waals surface area (Å²) in [6, 6.07) is 3.96. The molecule has 0 amide bonds. The van der Waals surface area contributed by atoms with Crippen molar-refractivity contribution < 1.29 is 13.2 Å². The van der Waals surface area contributed by atoms with E-state index < -0.39 is 12.2 Å². The van der Waals surface area contributed by atoms with E-state index in [9.17, 15) is 13.2 Å². The highest BCUT2D eigenvalue weighted by molar-refractivity contribution is 7.80. The Kier molecular flexibility index (Phi) is 4.89. The molecule has 0 aliphatic carbocycles. The molecule has 0 unspecified atom stereocenters. The fraction of sp³-hybridized carbons (Fsp3) is 0.364. The molecule has 1 aromatic carbocycles. The summed E-state index contributed by atoms with van der Waals surface area (Å²) in [6.45, 7) is -0.206. The molecule has 0 fully saturated rings. The summed E-state index contributed by atoms with van der Waals surface area (Å²) in [4.78, 5) is 1.52. The summed E-state index contributed by atoms with van der Waals surface area (Å²) < 4.78 is 37.4. The third-order valence-electron chi connectivity index (χ3n) is 2.22. The standard InChI is InChI=1S/C11H13F3N2S/c1-16(6-10(13)14)5-7-4-8(12)2-3-9(7)11(15)17/h2-4,10H,5-6H2,1H3,(H2,15,17). The van der Waals surface area contributed by atoms with Crippen molar-refractivity contribution in [2.75, 3.05) is 13.6 Å². The van der Waals surface area contributed by atoms with Gasteiger partial charge in [0, 0.05) is 12.1 Å². The van der Waals surface area contributed by atoms with Crippen LogP contribution in [0.15, 0.2) is 18.2 Å². The average molecular weight is 262 g/mol. The lowest BCUT2D eigenvalue weighted by atomic mass is 10.1. The third kappa shape index (κ3) is 4.32. The summed E-state index contributed by atoms with van der Waals surface area (Å²) in [5.41, 5.74) is 6.51. The van der Waals surface area contributed by atoms with Gasteiger partial charge in [0.05, 0.1) is 6.54 Å². The van der Waals surface area contributed by atoms with Crippen LogP contribution in [0.3, 0.4) is 0 Å². The Labute approximate surface area is 103 Å². The molecule has 6 heteroatoms. The first kappa shape index (κ1) is 13.9. The summed E-state index contributed by atoms with van der Waals surface area (Å²) in [7, 11) is 1.53. The summed E-state index contributed by atoms with van der Waals surface area (Å²) in [5.74, 6) is -0.439. The van der Waals surface area contributed by atoms with Crippen LogP contribution < -0.4 is 5.73 Å². The van der Waals surface area contributed by atoms with Crippen LogP contribution in [0.25, 0.3) is 0 Å². The van der Waals surface area contributed by atoms with Gasteiger partial charge >= 0.3 is 0 Å². The SMILES string of the molecule is CN(Cc1cc(F)ccc1C(N)=S)CC(F)F. The molecule has 0 heterocycles. The van der Waals surface area contributed by atoms with Crippen LogP contribution in [0.4, 0.5) is 13.2 Å². The second kappa shape index (κ2) is 5.97. The van der Waals surface area contributed by atoms with Crippen molar-refractivity contribution >= 4 is 17.2 Å². The van der Waals surface area contributed by atoms with Crippen molar-refractivity contribution in [2.24, 2.45) is 5.73 Å². The van der Waals surface area contributed by atoms with Gasteiger partial charge in [-0.15, -0.1) is 0 Å². The third-order valence-corrected chi connectivity index (χ3v) is 2.44. The van der Waals surface area contributed by atoms with Crippen molar-refractivity contribution in [3.63, 3.8) is 0 Å². The Bertz CT molecular complexity index is 410. The Hall–Kier alpha value is -1.14. The number of halogens is 3. The maximum atomic E-state index is 13.1. The van der Waals surface area contributed by atoms with E-state index in [0.29, 0.717) is 11.1 Å². The van der Waals surface area contributed by atoms with Crippen LogP contribution in [0.2, 0.25) is 0 Å². The van der Waals surface area contributed by atoms with E-state index in [2.05, 4.69) is 0 Å². The minimum absolute atomic E-state index is 0.130. The van der Waals surface area contributed by atoms with Crippen LogP contribution in [0, 0.1) is 5.82 Å². The largest absolute Gasteiger partial charge is 0.389 e. The smallest absolute Gasteiger partial charge is 0.251 e. The average Bonchev–Trinajstić information content (AvgIpc) is 2.15. The van der Waals surface area contributed by atoms with Crippen molar-refractivity contribution in [3.8, 4) is 0 Å². The van der Waals surface area contributed by atoms with Crippen LogP contribution in [0.1, 0.15) is 11.1 Å². The van der Waals surface area contributed by atoms with E-state index in [1.54, 1.807) is 0 Å². The minimum Gasteiger partial charge on any atom is -0.389 e. The van der Waals surface area contributed by atoms with E-state index in [1.807, 2.05) is 0 Å². The van der Waals surface area contributed by atoms with Gasteiger partial charge in [-0.3, -0.25) is 4.90 Å². The molecule has 2 nitrogen and oxygen atoms in total. The van der Waals surface area contributed by atoms with Gasteiger partial charge in [0.25, 0.3) is 6.43 Å². The molecule has 0 aromatic heterocycles. The lowest BCUT2D eigenvalue weighted by Gasteiger charge is -2.18. The zero-order chi connectivity index (χ0) is 13.0. The van der Waals surface area contributed by atoms with Crippen LogP contribution in [0.5, 0.6) is 0 Å². The number of rotatable bonds is 5. The maximum Gasteiger partial charge on any atom is 0.251 e. The predicted molar refractivity (Wildman–Crippen MR) is 64.6 cm³/mol. The number of benzene rings is 1. The topological polar surface area (TPSA) is 29.3 Å². The van der Waals surface area contributed by atoms with Gasteiger partial charge in [-0.25, -0.2) is 13.2 Å². The maximum absolute atomic E-state index is 13.1. The molecule has 1 aromatic rings. The molecular formula is C11H13F3N2S. The first-order valence-corrected chi connectivity index (χ1v) is 5.36. The van der Waals surface area contributed by atoms with Crippen molar-refractivity contribution in [1.29, 1.82) is 0 Å². The first-order chi connectivity index (χ1) is 7.90. The van der Waals surface area contributed by atoms with Gasteiger partial charge in [0.2, 0.25) is 0 Å². The van der Waals surface area contributed by atoms with Crippen LogP contribution >= 0.6 is 12.2 Å². The number of hydrogen-bond donors (Lipinski definition) is 1. The monoisotopic (exact) mass is 262 g/mol. The molecule has 0 spiro atoms. The predicted octanol–water partition coefficient (Wildman–Crippen LogP) is 2.16. The van der Waals surface area contributed by atoms with Crippen LogP contribution in [-0.4, -0.2) is 29.9 Å². The van der Waals surface area contributed by atoms with Crippen LogP contribution in [-0.2, 0) is 6.54 Å². The molecule has 0 atom stereocenters. The summed E-state index contributed by atoms with van der Waals surface area (Å²) in [5, 5.41) is 0. The number of nitrogens with two attached hydrogens (primary N) is 1. The molecule has 0 saturated heterocycles. The molecule has 94 valence electrons. The molecule has 0 aliphatic heterocycles. The Morgan fingerprint density at radius 3 is 2.65 bits per heavy atom. The number of nitrogens with zero attached hydrogens (tertiary/aromatic N) is 1. The molecule has 17 heavy (non-hydrogen) atoms.